The molecule has 0 radical (unpaired) electrons. The summed E-state index contributed by atoms with van der Waals surface area (Å²) in [6.07, 6.45) is 1.16. The van der Waals surface area contributed by atoms with Crippen molar-refractivity contribution in [1.82, 2.24) is 4.90 Å². The summed E-state index contributed by atoms with van der Waals surface area (Å²) in [5, 5.41) is 9.56. The highest BCUT2D eigenvalue weighted by Gasteiger charge is 2.22. The second-order valence-electron chi connectivity index (χ2n) is 4.95. The summed E-state index contributed by atoms with van der Waals surface area (Å²) >= 11 is 6.05. The zero-order valence-electron chi connectivity index (χ0n) is 11.0. The Bertz CT molecular complexity index is 414. The summed E-state index contributed by atoms with van der Waals surface area (Å²) in [6, 6.07) is 5.61. The van der Waals surface area contributed by atoms with Gasteiger partial charge in [0.1, 0.15) is 12.4 Å². The third-order valence-electron chi connectivity index (χ3n) is 3.47. The fourth-order valence-electron chi connectivity index (χ4n) is 2.46. The Morgan fingerprint density at radius 2 is 2.32 bits per heavy atom. The van der Waals surface area contributed by atoms with Gasteiger partial charge in [-0.15, -0.1) is 0 Å². The Kier molecular flexibility index (Phi) is 5.45. The molecule has 1 heterocycles. The number of nitrogens with two attached hydrogens (primary N) is 1. The van der Waals surface area contributed by atoms with Gasteiger partial charge >= 0.3 is 0 Å². The number of aliphatic hydroxyl groups excluding tert-OH is 1. The maximum atomic E-state index is 8.85. The molecule has 1 saturated heterocycles. The first-order chi connectivity index (χ1) is 9.22. The van der Waals surface area contributed by atoms with E-state index in [1.165, 1.54) is 0 Å². The van der Waals surface area contributed by atoms with Crippen molar-refractivity contribution in [2.45, 2.75) is 13.0 Å². The van der Waals surface area contributed by atoms with Gasteiger partial charge in [-0.2, -0.15) is 0 Å². The summed E-state index contributed by atoms with van der Waals surface area (Å²) in [5.74, 6) is 1.40. The fraction of sp³-hybridized carbons (Fsp3) is 0.571. The number of hydrogen-bond acceptors (Lipinski definition) is 4. The van der Waals surface area contributed by atoms with Crippen molar-refractivity contribution in [3.8, 4) is 5.75 Å². The van der Waals surface area contributed by atoms with Gasteiger partial charge in [0.15, 0.2) is 0 Å². The minimum absolute atomic E-state index is 0.0149. The van der Waals surface area contributed by atoms with Crippen LogP contribution in [-0.4, -0.2) is 42.9 Å². The summed E-state index contributed by atoms with van der Waals surface area (Å²) in [6.45, 7) is 3.98. The largest absolute Gasteiger partial charge is 0.491 e. The van der Waals surface area contributed by atoms with E-state index in [4.69, 9.17) is 27.2 Å². The van der Waals surface area contributed by atoms with Crippen molar-refractivity contribution in [1.29, 1.82) is 0 Å². The molecule has 0 saturated carbocycles. The van der Waals surface area contributed by atoms with E-state index in [2.05, 4.69) is 4.90 Å². The van der Waals surface area contributed by atoms with E-state index in [9.17, 15) is 0 Å². The van der Waals surface area contributed by atoms with Crippen LogP contribution >= 0.6 is 11.6 Å². The summed E-state index contributed by atoms with van der Waals surface area (Å²) in [5.41, 5.74) is 6.78. The SMILES string of the molecule is NCC1CCN(Cc2cc(Cl)ccc2OCCO)C1. The maximum absolute atomic E-state index is 8.85. The third-order valence-corrected chi connectivity index (χ3v) is 3.70. The second-order valence-corrected chi connectivity index (χ2v) is 5.39. The Labute approximate surface area is 119 Å². The molecule has 1 atom stereocenters. The van der Waals surface area contributed by atoms with Crippen molar-refractivity contribution in [3.05, 3.63) is 28.8 Å². The van der Waals surface area contributed by atoms with Gasteiger partial charge in [-0.25, -0.2) is 0 Å². The molecule has 0 spiro atoms. The highest BCUT2D eigenvalue weighted by atomic mass is 35.5. The fourth-order valence-corrected chi connectivity index (χ4v) is 2.65. The molecule has 19 heavy (non-hydrogen) atoms. The lowest BCUT2D eigenvalue weighted by molar-refractivity contribution is 0.198. The van der Waals surface area contributed by atoms with Crippen LogP contribution in [0.15, 0.2) is 18.2 Å². The molecular weight excluding hydrogens is 264 g/mol. The normalized spacial score (nSPS) is 19.8. The molecule has 0 amide bonds. The molecule has 1 unspecified atom stereocenters. The number of benzene rings is 1. The molecule has 1 aliphatic heterocycles. The van der Waals surface area contributed by atoms with Gasteiger partial charge in [0.05, 0.1) is 6.61 Å². The molecule has 1 fully saturated rings. The predicted molar refractivity (Wildman–Crippen MR) is 76.5 cm³/mol. The zero-order valence-corrected chi connectivity index (χ0v) is 11.8. The molecule has 1 aliphatic rings. The lowest BCUT2D eigenvalue weighted by atomic mass is 10.1. The predicted octanol–water partition coefficient (Wildman–Crippen LogP) is 1.49. The van der Waals surface area contributed by atoms with E-state index < -0.39 is 0 Å². The number of ether oxygens (including phenoxy) is 1. The minimum Gasteiger partial charge on any atom is -0.491 e. The van der Waals surface area contributed by atoms with Gasteiger partial charge in [-0.05, 0) is 43.6 Å². The van der Waals surface area contributed by atoms with Crippen LogP contribution in [0.1, 0.15) is 12.0 Å². The molecule has 3 N–H and O–H groups in total. The smallest absolute Gasteiger partial charge is 0.124 e. The average molecular weight is 285 g/mol. The van der Waals surface area contributed by atoms with Gasteiger partial charge < -0.3 is 15.6 Å². The minimum atomic E-state index is 0.0149. The highest BCUT2D eigenvalue weighted by Crippen LogP contribution is 2.26. The van der Waals surface area contributed by atoms with Crippen LogP contribution in [0, 0.1) is 5.92 Å². The van der Waals surface area contributed by atoms with Crippen molar-refractivity contribution in [2.75, 3.05) is 32.8 Å². The van der Waals surface area contributed by atoms with Crippen LogP contribution in [-0.2, 0) is 6.54 Å². The van der Waals surface area contributed by atoms with Crippen LogP contribution < -0.4 is 10.5 Å². The van der Waals surface area contributed by atoms with Gasteiger partial charge in [-0.3, -0.25) is 4.90 Å². The van der Waals surface area contributed by atoms with Crippen molar-refractivity contribution in [2.24, 2.45) is 11.7 Å². The number of aliphatic hydroxyl groups is 1. The number of halogens is 1. The molecule has 1 aromatic carbocycles. The Hall–Kier alpha value is -0.810. The first-order valence-electron chi connectivity index (χ1n) is 6.67. The Morgan fingerprint density at radius 3 is 3.00 bits per heavy atom. The zero-order chi connectivity index (χ0) is 13.7. The van der Waals surface area contributed by atoms with E-state index >= 15 is 0 Å². The number of nitrogens with zero attached hydrogens (tertiary/aromatic N) is 1. The number of rotatable bonds is 6. The first-order valence-corrected chi connectivity index (χ1v) is 7.05. The Balaban J connectivity index is 2.03. The van der Waals surface area contributed by atoms with Gasteiger partial charge in [0.25, 0.3) is 0 Å². The van der Waals surface area contributed by atoms with Gasteiger partial charge in [0, 0.05) is 23.7 Å². The van der Waals surface area contributed by atoms with Crippen LogP contribution in [0.25, 0.3) is 0 Å². The quantitative estimate of drug-likeness (QED) is 0.831. The first kappa shape index (κ1) is 14.6. The van der Waals surface area contributed by atoms with Gasteiger partial charge in [-0.1, -0.05) is 11.6 Å². The molecule has 0 aromatic heterocycles. The second kappa shape index (κ2) is 7.10. The highest BCUT2D eigenvalue weighted by molar-refractivity contribution is 6.30. The maximum Gasteiger partial charge on any atom is 0.124 e. The average Bonchev–Trinajstić information content (AvgIpc) is 2.85. The number of likely N-dealkylation sites (tertiary alicyclic amines) is 1. The molecule has 0 aliphatic carbocycles. The monoisotopic (exact) mass is 284 g/mol. The van der Waals surface area contributed by atoms with E-state index in [0.29, 0.717) is 17.5 Å². The van der Waals surface area contributed by atoms with Crippen molar-refractivity contribution >= 4 is 11.6 Å². The molecule has 2 rings (SSSR count). The number of hydrogen-bond donors (Lipinski definition) is 2. The van der Waals surface area contributed by atoms with Crippen LogP contribution in [0.2, 0.25) is 5.02 Å². The van der Waals surface area contributed by atoms with E-state index in [1.807, 2.05) is 18.2 Å². The van der Waals surface area contributed by atoms with E-state index in [1.54, 1.807) is 0 Å². The lowest BCUT2D eigenvalue weighted by Crippen LogP contribution is -2.23. The summed E-state index contributed by atoms with van der Waals surface area (Å²) < 4.78 is 5.54. The molecule has 4 nitrogen and oxygen atoms in total. The van der Waals surface area contributed by atoms with Crippen molar-refractivity contribution < 1.29 is 9.84 Å². The molecule has 106 valence electrons. The molecule has 5 heteroatoms. The molecule has 1 aromatic rings. The summed E-state index contributed by atoms with van der Waals surface area (Å²) in [4.78, 5) is 2.37. The van der Waals surface area contributed by atoms with E-state index in [-0.39, 0.29) is 6.61 Å². The molecular formula is C14H21ClN2O2. The lowest BCUT2D eigenvalue weighted by Gasteiger charge is -2.18. The topological polar surface area (TPSA) is 58.7 Å². The third kappa shape index (κ3) is 4.08. The summed E-state index contributed by atoms with van der Waals surface area (Å²) in [7, 11) is 0. The van der Waals surface area contributed by atoms with Crippen LogP contribution in [0.5, 0.6) is 5.75 Å². The standard InChI is InChI=1S/C14H21ClN2O2/c15-13-1-2-14(19-6-5-18)12(7-13)10-17-4-3-11(8-16)9-17/h1-2,7,11,18H,3-6,8-10,16H2. The molecule has 0 bridgehead atoms. The van der Waals surface area contributed by atoms with Gasteiger partial charge in [0.2, 0.25) is 0 Å². The van der Waals surface area contributed by atoms with Crippen LogP contribution in [0.4, 0.5) is 0 Å². The Morgan fingerprint density at radius 1 is 1.47 bits per heavy atom. The van der Waals surface area contributed by atoms with E-state index in [0.717, 1.165) is 43.9 Å². The van der Waals surface area contributed by atoms with Crippen LogP contribution in [0.3, 0.4) is 0 Å². The van der Waals surface area contributed by atoms with Crippen molar-refractivity contribution in [3.63, 3.8) is 0 Å².